The number of hydrogen-bond acceptors (Lipinski definition) is 6. The van der Waals surface area contributed by atoms with Gasteiger partial charge in [-0.05, 0) is 36.4 Å². The minimum absolute atomic E-state index is 0.0838. The average Bonchev–Trinajstić information content (AvgIpc) is 3.36. The maximum Gasteiger partial charge on any atom is 0.255 e. The monoisotopic (exact) mass is 387 g/mol. The lowest BCUT2D eigenvalue weighted by molar-refractivity contribution is -0.121. The molecule has 140 valence electrons. The fraction of sp³-hybridized carbons (Fsp3) is 0.111. The Hall–Kier alpha value is -3.17. The van der Waals surface area contributed by atoms with Crippen molar-refractivity contribution in [2.45, 2.75) is 11.4 Å². The smallest absolute Gasteiger partial charge is 0.255 e. The van der Waals surface area contributed by atoms with Gasteiger partial charge in [0.05, 0.1) is 36.7 Å². The number of rotatable bonds is 8. The van der Waals surface area contributed by atoms with Crippen LogP contribution in [-0.2, 0) is 21.4 Å². The van der Waals surface area contributed by atoms with Gasteiger partial charge in [-0.15, -0.1) is 0 Å². The molecule has 1 amide bonds. The number of amides is 1. The van der Waals surface area contributed by atoms with E-state index in [1.807, 2.05) is 0 Å². The van der Waals surface area contributed by atoms with Crippen LogP contribution in [0.4, 0.5) is 0 Å². The lowest BCUT2D eigenvalue weighted by Gasteiger charge is -2.20. The van der Waals surface area contributed by atoms with Crippen molar-refractivity contribution < 1.29 is 22.0 Å². The Morgan fingerprint density at radius 1 is 1.04 bits per heavy atom. The van der Waals surface area contributed by atoms with E-state index in [9.17, 15) is 13.2 Å². The van der Waals surface area contributed by atoms with Gasteiger partial charge in [0.25, 0.3) is 5.91 Å². The standard InChI is InChI=1S/C18H17N3O5S/c22-18(20-19-12-15-6-4-10-25-15)14-21(13-16-7-5-11-26-16)27(23,24)17-8-2-1-3-9-17/h1-12H,13-14H2,(H,20,22)/b19-12-. The van der Waals surface area contributed by atoms with E-state index in [0.717, 1.165) is 4.31 Å². The summed E-state index contributed by atoms with van der Waals surface area (Å²) in [4.78, 5) is 12.3. The van der Waals surface area contributed by atoms with Crippen molar-refractivity contribution in [2.24, 2.45) is 5.10 Å². The molecule has 3 rings (SSSR count). The average molecular weight is 387 g/mol. The maximum absolute atomic E-state index is 12.9. The first kappa shape index (κ1) is 18.6. The van der Waals surface area contributed by atoms with Crippen LogP contribution in [0.5, 0.6) is 0 Å². The first-order chi connectivity index (χ1) is 13.1. The summed E-state index contributed by atoms with van der Waals surface area (Å²) in [6, 6.07) is 14.5. The third kappa shape index (κ3) is 4.93. The van der Waals surface area contributed by atoms with E-state index in [1.54, 1.807) is 42.5 Å². The number of benzene rings is 1. The predicted octanol–water partition coefficient (Wildman–Crippen LogP) is 2.21. The molecule has 8 nitrogen and oxygen atoms in total. The second kappa shape index (κ2) is 8.47. The van der Waals surface area contributed by atoms with Gasteiger partial charge in [-0.25, -0.2) is 13.8 Å². The summed E-state index contributed by atoms with van der Waals surface area (Å²) >= 11 is 0. The summed E-state index contributed by atoms with van der Waals surface area (Å²) in [7, 11) is -3.90. The molecule has 0 aliphatic rings. The van der Waals surface area contributed by atoms with Crippen LogP contribution < -0.4 is 5.43 Å². The second-order valence-electron chi connectivity index (χ2n) is 5.47. The molecular formula is C18H17N3O5S. The molecule has 0 aliphatic carbocycles. The highest BCUT2D eigenvalue weighted by atomic mass is 32.2. The van der Waals surface area contributed by atoms with Crippen LogP contribution in [-0.4, -0.2) is 31.4 Å². The lowest BCUT2D eigenvalue weighted by atomic mass is 10.4. The normalized spacial score (nSPS) is 11.9. The third-order valence-corrected chi connectivity index (χ3v) is 5.34. The molecule has 0 atom stereocenters. The van der Waals surface area contributed by atoms with Crippen LogP contribution >= 0.6 is 0 Å². The maximum atomic E-state index is 12.9. The quantitative estimate of drug-likeness (QED) is 0.471. The van der Waals surface area contributed by atoms with E-state index in [2.05, 4.69) is 10.5 Å². The van der Waals surface area contributed by atoms with E-state index >= 15 is 0 Å². The van der Waals surface area contributed by atoms with E-state index in [0.29, 0.717) is 11.5 Å². The first-order valence-corrected chi connectivity index (χ1v) is 9.43. The van der Waals surface area contributed by atoms with Crippen LogP contribution in [0.1, 0.15) is 11.5 Å². The summed E-state index contributed by atoms with van der Waals surface area (Å²) < 4.78 is 37.1. The number of nitrogens with zero attached hydrogens (tertiary/aromatic N) is 2. The molecule has 0 saturated carbocycles. The van der Waals surface area contributed by atoms with Gasteiger partial charge in [0.15, 0.2) is 0 Å². The van der Waals surface area contributed by atoms with Crippen LogP contribution in [0.25, 0.3) is 0 Å². The Bertz CT molecular complexity index is 981. The minimum atomic E-state index is -3.90. The number of nitrogens with one attached hydrogen (secondary N) is 1. The summed E-state index contributed by atoms with van der Waals surface area (Å²) in [5.41, 5.74) is 2.29. The second-order valence-corrected chi connectivity index (χ2v) is 7.41. The molecule has 0 saturated heterocycles. The molecular weight excluding hydrogens is 370 g/mol. The highest BCUT2D eigenvalue weighted by Gasteiger charge is 2.27. The van der Waals surface area contributed by atoms with Crippen molar-refractivity contribution in [1.29, 1.82) is 0 Å². The number of carbonyl (C=O) groups is 1. The molecule has 0 unspecified atom stereocenters. The van der Waals surface area contributed by atoms with Gasteiger partial charge in [-0.3, -0.25) is 4.79 Å². The van der Waals surface area contributed by atoms with Gasteiger partial charge >= 0.3 is 0 Å². The fourth-order valence-electron chi connectivity index (χ4n) is 2.27. The number of furan rings is 2. The van der Waals surface area contributed by atoms with E-state index in [-0.39, 0.29) is 11.4 Å². The topological polar surface area (TPSA) is 105 Å². The van der Waals surface area contributed by atoms with Crippen molar-refractivity contribution >= 4 is 22.1 Å². The summed E-state index contributed by atoms with van der Waals surface area (Å²) in [5, 5.41) is 3.76. The summed E-state index contributed by atoms with van der Waals surface area (Å²) in [6.07, 6.45) is 4.23. The van der Waals surface area contributed by atoms with E-state index in [1.165, 1.54) is 30.9 Å². The lowest BCUT2D eigenvalue weighted by Crippen LogP contribution is -2.38. The van der Waals surface area contributed by atoms with Gasteiger partial charge in [0.2, 0.25) is 10.0 Å². The predicted molar refractivity (Wildman–Crippen MR) is 97.2 cm³/mol. The van der Waals surface area contributed by atoms with Gasteiger partial charge < -0.3 is 8.83 Å². The highest BCUT2D eigenvalue weighted by molar-refractivity contribution is 7.89. The van der Waals surface area contributed by atoms with Crippen LogP contribution in [0.2, 0.25) is 0 Å². The fourth-order valence-corrected chi connectivity index (χ4v) is 3.66. The first-order valence-electron chi connectivity index (χ1n) is 7.99. The van der Waals surface area contributed by atoms with Crippen molar-refractivity contribution in [1.82, 2.24) is 9.73 Å². The van der Waals surface area contributed by atoms with E-state index < -0.39 is 22.5 Å². The zero-order valence-electron chi connectivity index (χ0n) is 14.2. The Balaban J connectivity index is 1.74. The zero-order valence-corrected chi connectivity index (χ0v) is 15.0. The Kier molecular flexibility index (Phi) is 5.84. The number of carbonyl (C=O) groups excluding carboxylic acids is 1. The van der Waals surface area contributed by atoms with E-state index in [4.69, 9.17) is 8.83 Å². The third-order valence-electron chi connectivity index (χ3n) is 3.54. The van der Waals surface area contributed by atoms with Gasteiger partial charge in [0, 0.05) is 0 Å². The zero-order chi connectivity index (χ0) is 19.1. The molecule has 1 aromatic carbocycles. The SMILES string of the molecule is O=C(CN(Cc1ccco1)S(=O)(=O)c1ccccc1)N/N=C\c1ccco1. The Morgan fingerprint density at radius 2 is 1.78 bits per heavy atom. The molecule has 27 heavy (non-hydrogen) atoms. The van der Waals surface area contributed by atoms with Crippen LogP contribution in [0, 0.1) is 0 Å². The van der Waals surface area contributed by atoms with Gasteiger partial charge in [-0.2, -0.15) is 9.41 Å². The molecule has 0 bridgehead atoms. The Morgan fingerprint density at radius 3 is 2.44 bits per heavy atom. The number of sulfonamides is 1. The molecule has 2 heterocycles. The molecule has 9 heteroatoms. The minimum Gasteiger partial charge on any atom is -0.468 e. The van der Waals surface area contributed by atoms with Crippen molar-refractivity contribution in [3.8, 4) is 0 Å². The molecule has 0 spiro atoms. The highest BCUT2D eigenvalue weighted by Crippen LogP contribution is 2.18. The summed E-state index contributed by atoms with van der Waals surface area (Å²) in [5.74, 6) is 0.282. The van der Waals surface area contributed by atoms with Crippen molar-refractivity contribution in [3.05, 3.63) is 78.6 Å². The summed E-state index contributed by atoms with van der Waals surface area (Å²) in [6.45, 7) is -0.507. The molecule has 2 aromatic heterocycles. The Labute approximate surface area is 156 Å². The van der Waals surface area contributed by atoms with Crippen LogP contribution in [0.3, 0.4) is 0 Å². The largest absolute Gasteiger partial charge is 0.468 e. The molecule has 3 aromatic rings. The molecule has 0 radical (unpaired) electrons. The molecule has 0 fully saturated rings. The molecule has 0 aliphatic heterocycles. The van der Waals surface area contributed by atoms with Gasteiger partial charge in [-0.1, -0.05) is 18.2 Å². The van der Waals surface area contributed by atoms with Crippen LogP contribution in [0.15, 0.2) is 86.0 Å². The van der Waals surface area contributed by atoms with Crippen molar-refractivity contribution in [3.63, 3.8) is 0 Å². The molecule has 1 N–H and O–H groups in total. The van der Waals surface area contributed by atoms with Gasteiger partial charge in [0.1, 0.15) is 11.5 Å². The number of hydrogen-bond donors (Lipinski definition) is 1. The number of hydrazone groups is 1. The van der Waals surface area contributed by atoms with Crippen molar-refractivity contribution in [2.75, 3.05) is 6.54 Å².